The van der Waals surface area contributed by atoms with Crippen molar-refractivity contribution in [3.63, 3.8) is 0 Å². The van der Waals surface area contributed by atoms with E-state index in [4.69, 9.17) is 9.84 Å². The molecule has 1 amide bonds. The van der Waals surface area contributed by atoms with Crippen molar-refractivity contribution in [1.29, 1.82) is 0 Å². The number of carbonyl (C=O) groups is 1. The summed E-state index contributed by atoms with van der Waals surface area (Å²) in [5, 5.41) is 11.1. The molecule has 1 heterocycles. The summed E-state index contributed by atoms with van der Waals surface area (Å²) >= 11 is 2.03. The van der Waals surface area contributed by atoms with Crippen LogP contribution < -0.4 is 10.1 Å². The lowest BCUT2D eigenvalue weighted by Gasteiger charge is -2.08. The van der Waals surface area contributed by atoms with E-state index >= 15 is 0 Å². The first-order chi connectivity index (χ1) is 7.20. The molecular weight excluding hydrogens is 311 g/mol. The molecule has 6 heteroatoms. The van der Waals surface area contributed by atoms with E-state index in [1.807, 2.05) is 22.6 Å². The normalized spacial score (nSPS) is 9.80. The summed E-state index contributed by atoms with van der Waals surface area (Å²) in [4.78, 5) is 15.6. The number of pyridine rings is 1. The number of methoxy groups -OCH3 is 1. The first-order valence-electron chi connectivity index (χ1n) is 4.28. The van der Waals surface area contributed by atoms with E-state index in [1.54, 1.807) is 12.3 Å². The maximum Gasteiger partial charge on any atom is 0.257 e. The molecule has 0 saturated carbocycles. The Balaban J connectivity index is 2.95. The standard InChI is InChI=1S/C9H11IN2O3/c1-15-9-7(6(10)2-3-12-9)8(14)11-4-5-13/h2-3,13H,4-5H2,1H3,(H,11,14). The minimum absolute atomic E-state index is 0.0924. The van der Waals surface area contributed by atoms with Crippen LogP contribution in [0.5, 0.6) is 5.88 Å². The average Bonchev–Trinajstić information content (AvgIpc) is 2.25. The van der Waals surface area contributed by atoms with Crippen molar-refractivity contribution in [1.82, 2.24) is 10.3 Å². The smallest absolute Gasteiger partial charge is 0.257 e. The monoisotopic (exact) mass is 322 g/mol. The first kappa shape index (κ1) is 12.2. The Hall–Kier alpha value is -0.890. The molecule has 0 atom stereocenters. The fraction of sp³-hybridized carbons (Fsp3) is 0.333. The van der Waals surface area contributed by atoms with E-state index < -0.39 is 0 Å². The quantitative estimate of drug-likeness (QED) is 0.788. The number of amides is 1. The number of hydrogen-bond donors (Lipinski definition) is 2. The van der Waals surface area contributed by atoms with Crippen LogP contribution in [-0.2, 0) is 0 Å². The minimum atomic E-state index is -0.293. The molecule has 1 aromatic rings. The Bertz CT molecular complexity index is 357. The van der Waals surface area contributed by atoms with Crippen LogP contribution in [0.2, 0.25) is 0 Å². The molecule has 82 valence electrons. The number of ether oxygens (including phenoxy) is 1. The topological polar surface area (TPSA) is 71.5 Å². The number of halogens is 1. The Kier molecular flexibility index (Phi) is 4.76. The summed E-state index contributed by atoms with van der Waals surface area (Å²) < 4.78 is 5.75. The predicted octanol–water partition coefficient (Wildman–Crippen LogP) is 0.417. The molecule has 0 unspecified atom stereocenters. The second-order valence-corrected chi connectivity index (χ2v) is 3.82. The molecule has 2 N–H and O–H groups in total. The van der Waals surface area contributed by atoms with Gasteiger partial charge in [-0.25, -0.2) is 4.98 Å². The summed E-state index contributed by atoms with van der Waals surface area (Å²) in [6.07, 6.45) is 1.57. The number of rotatable bonds is 4. The maximum atomic E-state index is 11.7. The third kappa shape index (κ3) is 3.03. The number of hydrogen-bond acceptors (Lipinski definition) is 4. The zero-order chi connectivity index (χ0) is 11.3. The van der Waals surface area contributed by atoms with Gasteiger partial charge in [0.05, 0.1) is 13.7 Å². The van der Waals surface area contributed by atoms with Gasteiger partial charge in [-0.2, -0.15) is 0 Å². The molecule has 0 aliphatic carbocycles. The van der Waals surface area contributed by atoms with Crippen molar-refractivity contribution < 1.29 is 14.6 Å². The Morgan fingerprint density at radius 3 is 3.07 bits per heavy atom. The van der Waals surface area contributed by atoms with Gasteiger partial charge in [-0.15, -0.1) is 0 Å². The predicted molar refractivity (Wildman–Crippen MR) is 62.9 cm³/mol. The molecule has 0 saturated heterocycles. The SMILES string of the molecule is COc1nccc(I)c1C(=O)NCCO. The van der Waals surface area contributed by atoms with Gasteiger partial charge in [-0.05, 0) is 28.7 Å². The second-order valence-electron chi connectivity index (χ2n) is 2.66. The highest BCUT2D eigenvalue weighted by atomic mass is 127. The van der Waals surface area contributed by atoms with Crippen LogP contribution in [0.1, 0.15) is 10.4 Å². The summed E-state index contributed by atoms with van der Waals surface area (Å²) in [5.74, 6) is -0.00394. The molecule has 0 spiro atoms. The van der Waals surface area contributed by atoms with Crippen LogP contribution in [-0.4, -0.2) is 36.3 Å². The molecule has 0 fully saturated rings. The number of nitrogens with zero attached hydrogens (tertiary/aromatic N) is 1. The van der Waals surface area contributed by atoms with Crippen LogP contribution >= 0.6 is 22.6 Å². The number of aliphatic hydroxyl groups excluding tert-OH is 1. The highest BCUT2D eigenvalue weighted by Gasteiger charge is 2.16. The third-order valence-corrected chi connectivity index (χ3v) is 2.58. The van der Waals surface area contributed by atoms with Crippen LogP contribution in [0.3, 0.4) is 0 Å². The number of aliphatic hydroxyl groups is 1. The van der Waals surface area contributed by atoms with Gasteiger partial charge in [0.2, 0.25) is 5.88 Å². The summed E-state index contributed by atoms with van der Waals surface area (Å²) in [5.41, 5.74) is 0.397. The average molecular weight is 322 g/mol. The fourth-order valence-corrected chi connectivity index (χ4v) is 1.68. The molecule has 1 aromatic heterocycles. The Morgan fingerprint density at radius 2 is 2.47 bits per heavy atom. The van der Waals surface area contributed by atoms with Crippen molar-refractivity contribution in [3.8, 4) is 5.88 Å². The largest absolute Gasteiger partial charge is 0.480 e. The first-order valence-corrected chi connectivity index (χ1v) is 5.36. The van der Waals surface area contributed by atoms with E-state index in [0.29, 0.717) is 5.56 Å². The van der Waals surface area contributed by atoms with Gasteiger partial charge >= 0.3 is 0 Å². The van der Waals surface area contributed by atoms with Crippen LogP contribution in [0.15, 0.2) is 12.3 Å². The molecule has 5 nitrogen and oxygen atoms in total. The van der Waals surface area contributed by atoms with E-state index in [9.17, 15) is 4.79 Å². The lowest BCUT2D eigenvalue weighted by atomic mass is 10.2. The van der Waals surface area contributed by atoms with Crippen LogP contribution in [0.4, 0.5) is 0 Å². The van der Waals surface area contributed by atoms with Gasteiger partial charge in [0.25, 0.3) is 5.91 Å². The molecule has 1 rings (SSSR count). The molecule has 0 aromatic carbocycles. The molecule has 0 bridgehead atoms. The maximum absolute atomic E-state index is 11.7. The van der Waals surface area contributed by atoms with Crippen molar-refractivity contribution in [2.24, 2.45) is 0 Å². The van der Waals surface area contributed by atoms with Gasteiger partial charge in [0.1, 0.15) is 5.56 Å². The molecule has 15 heavy (non-hydrogen) atoms. The Labute approximate surface area is 101 Å². The Morgan fingerprint density at radius 1 is 1.73 bits per heavy atom. The molecule has 0 radical (unpaired) electrons. The minimum Gasteiger partial charge on any atom is -0.480 e. The van der Waals surface area contributed by atoms with Gasteiger partial charge < -0.3 is 15.2 Å². The second kappa shape index (κ2) is 5.86. The zero-order valence-electron chi connectivity index (χ0n) is 8.16. The summed E-state index contributed by atoms with van der Waals surface area (Å²) in [6, 6.07) is 1.72. The van der Waals surface area contributed by atoms with Crippen molar-refractivity contribution >= 4 is 28.5 Å². The van der Waals surface area contributed by atoms with Gasteiger partial charge in [-0.1, -0.05) is 0 Å². The van der Waals surface area contributed by atoms with Gasteiger partial charge in [0.15, 0.2) is 0 Å². The lowest BCUT2D eigenvalue weighted by molar-refractivity contribution is 0.0940. The third-order valence-electron chi connectivity index (χ3n) is 1.68. The van der Waals surface area contributed by atoms with Crippen LogP contribution in [0.25, 0.3) is 0 Å². The highest BCUT2D eigenvalue weighted by molar-refractivity contribution is 14.1. The number of nitrogens with one attached hydrogen (secondary N) is 1. The van der Waals surface area contributed by atoms with Crippen LogP contribution in [0, 0.1) is 3.57 Å². The van der Waals surface area contributed by atoms with Crippen molar-refractivity contribution in [3.05, 3.63) is 21.4 Å². The number of aromatic nitrogens is 1. The molecule has 0 aliphatic rings. The van der Waals surface area contributed by atoms with Gasteiger partial charge in [-0.3, -0.25) is 4.79 Å². The van der Waals surface area contributed by atoms with Gasteiger partial charge in [0, 0.05) is 16.3 Å². The zero-order valence-corrected chi connectivity index (χ0v) is 10.3. The molecule has 0 aliphatic heterocycles. The van der Waals surface area contributed by atoms with E-state index in [2.05, 4.69) is 10.3 Å². The van der Waals surface area contributed by atoms with E-state index in [-0.39, 0.29) is 24.9 Å². The highest BCUT2D eigenvalue weighted by Crippen LogP contribution is 2.20. The van der Waals surface area contributed by atoms with E-state index in [0.717, 1.165) is 3.57 Å². The number of carbonyl (C=O) groups excluding carboxylic acids is 1. The fourth-order valence-electron chi connectivity index (χ4n) is 1.04. The van der Waals surface area contributed by atoms with Crippen molar-refractivity contribution in [2.75, 3.05) is 20.3 Å². The lowest BCUT2D eigenvalue weighted by Crippen LogP contribution is -2.27. The summed E-state index contributed by atoms with van der Waals surface area (Å²) in [7, 11) is 1.46. The van der Waals surface area contributed by atoms with Crippen molar-refractivity contribution in [2.45, 2.75) is 0 Å². The van der Waals surface area contributed by atoms with E-state index in [1.165, 1.54) is 7.11 Å². The molecular formula is C9H11IN2O3. The summed E-state index contributed by atoms with van der Waals surface area (Å²) in [6.45, 7) is 0.123.